The van der Waals surface area contributed by atoms with Crippen LogP contribution in [-0.4, -0.2) is 38.4 Å². The van der Waals surface area contributed by atoms with Crippen molar-refractivity contribution in [2.24, 2.45) is 11.3 Å². The van der Waals surface area contributed by atoms with E-state index in [1.54, 1.807) is 0 Å². The van der Waals surface area contributed by atoms with Gasteiger partial charge in [-0.15, -0.1) is 0 Å². The maximum absolute atomic E-state index is 11.8. The Bertz CT molecular complexity index is 269. The molecule has 2 aliphatic heterocycles. The molecule has 0 aromatic heterocycles. The van der Waals surface area contributed by atoms with E-state index in [2.05, 4.69) is 19.2 Å². The lowest BCUT2D eigenvalue weighted by Gasteiger charge is -2.42. The van der Waals surface area contributed by atoms with Crippen LogP contribution in [0, 0.1) is 11.3 Å². The number of nitrogens with one attached hydrogen (secondary N) is 1. The average molecular weight is 227 g/mol. The van der Waals surface area contributed by atoms with Crippen molar-refractivity contribution in [1.82, 2.24) is 5.32 Å². The van der Waals surface area contributed by atoms with E-state index in [9.17, 15) is 4.79 Å². The number of carbonyl (C=O) groups excluding carboxylic acids is 1. The zero-order chi connectivity index (χ0) is 11.8. The van der Waals surface area contributed by atoms with Crippen LogP contribution in [0.1, 0.15) is 26.7 Å². The molecule has 1 N–H and O–H groups in total. The van der Waals surface area contributed by atoms with Crippen LogP contribution >= 0.6 is 0 Å². The first-order chi connectivity index (χ1) is 7.57. The molecule has 92 valence electrons. The quantitative estimate of drug-likeness (QED) is 0.678. The van der Waals surface area contributed by atoms with Crippen molar-refractivity contribution < 1.29 is 14.3 Å². The van der Waals surface area contributed by atoms with E-state index in [4.69, 9.17) is 9.47 Å². The molecule has 2 heterocycles. The number of hydrogen-bond donors (Lipinski definition) is 1. The third kappa shape index (κ3) is 1.96. The summed E-state index contributed by atoms with van der Waals surface area (Å²) < 4.78 is 10.7. The summed E-state index contributed by atoms with van der Waals surface area (Å²) in [6.07, 6.45) is 2.36. The van der Waals surface area contributed by atoms with Gasteiger partial charge in [0.15, 0.2) is 0 Å². The van der Waals surface area contributed by atoms with Gasteiger partial charge in [-0.25, -0.2) is 0 Å². The van der Waals surface area contributed by atoms with E-state index < -0.39 is 0 Å². The molecule has 0 bridgehead atoms. The summed E-state index contributed by atoms with van der Waals surface area (Å²) in [5.74, 6) is -0.0856. The van der Waals surface area contributed by atoms with Gasteiger partial charge in [-0.2, -0.15) is 0 Å². The molecular formula is C12H21NO3. The molecule has 0 radical (unpaired) electrons. The standard InChI is InChI=1S/C12H21NO3/c1-8-4-12(5-9(2)16-8)7-13-6-10(12)11(14)15-3/h8-10,13H,4-7H2,1-3H3. The van der Waals surface area contributed by atoms with Gasteiger partial charge >= 0.3 is 5.97 Å². The molecule has 3 atom stereocenters. The molecule has 1 spiro atoms. The lowest BCUT2D eigenvalue weighted by atomic mass is 9.69. The minimum absolute atomic E-state index is 0.00806. The van der Waals surface area contributed by atoms with Crippen molar-refractivity contribution in [3.05, 3.63) is 0 Å². The Balaban J connectivity index is 2.18. The minimum atomic E-state index is -0.0775. The third-order valence-electron chi connectivity index (χ3n) is 3.90. The lowest BCUT2D eigenvalue weighted by Crippen LogP contribution is -2.45. The van der Waals surface area contributed by atoms with Crippen molar-refractivity contribution in [1.29, 1.82) is 0 Å². The Labute approximate surface area is 96.7 Å². The monoisotopic (exact) mass is 227 g/mol. The van der Waals surface area contributed by atoms with Crippen LogP contribution in [0.4, 0.5) is 0 Å². The van der Waals surface area contributed by atoms with Gasteiger partial charge in [-0.1, -0.05) is 0 Å². The van der Waals surface area contributed by atoms with Crippen molar-refractivity contribution in [2.75, 3.05) is 20.2 Å². The summed E-state index contributed by atoms with van der Waals surface area (Å²) in [4.78, 5) is 11.8. The minimum Gasteiger partial charge on any atom is -0.469 e. The van der Waals surface area contributed by atoms with Crippen molar-refractivity contribution >= 4 is 5.97 Å². The SMILES string of the molecule is COC(=O)C1CNCC12CC(C)OC(C)C2. The smallest absolute Gasteiger partial charge is 0.310 e. The predicted octanol–water partition coefficient (Wildman–Crippen LogP) is 0.953. The average Bonchev–Trinajstić information content (AvgIpc) is 2.58. The predicted molar refractivity (Wildman–Crippen MR) is 60.1 cm³/mol. The molecular weight excluding hydrogens is 206 g/mol. The molecule has 4 heteroatoms. The molecule has 0 amide bonds. The highest BCUT2D eigenvalue weighted by Crippen LogP contribution is 2.45. The molecule has 0 aromatic rings. The first-order valence-electron chi connectivity index (χ1n) is 6.01. The van der Waals surface area contributed by atoms with Gasteiger partial charge in [-0.3, -0.25) is 4.79 Å². The van der Waals surface area contributed by atoms with Gasteiger partial charge in [0.25, 0.3) is 0 Å². The number of rotatable bonds is 1. The van der Waals surface area contributed by atoms with E-state index >= 15 is 0 Å². The Morgan fingerprint density at radius 2 is 2.00 bits per heavy atom. The van der Waals surface area contributed by atoms with Crippen LogP contribution in [-0.2, 0) is 14.3 Å². The van der Waals surface area contributed by atoms with E-state index in [1.165, 1.54) is 7.11 Å². The van der Waals surface area contributed by atoms with Crippen molar-refractivity contribution in [2.45, 2.75) is 38.9 Å². The second-order valence-corrected chi connectivity index (χ2v) is 5.23. The van der Waals surface area contributed by atoms with E-state index in [1.807, 2.05) is 0 Å². The largest absolute Gasteiger partial charge is 0.469 e. The number of ether oxygens (including phenoxy) is 2. The lowest BCUT2D eigenvalue weighted by molar-refractivity contribution is -0.155. The van der Waals surface area contributed by atoms with E-state index in [0.717, 1.165) is 25.9 Å². The van der Waals surface area contributed by atoms with E-state index in [-0.39, 0.29) is 29.5 Å². The van der Waals surface area contributed by atoms with Gasteiger partial charge < -0.3 is 14.8 Å². The molecule has 2 saturated heterocycles. The fourth-order valence-electron chi connectivity index (χ4n) is 3.43. The second-order valence-electron chi connectivity index (χ2n) is 5.23. The van der Waals surface area contributed by atoms with Crippen molar-refractivity contribution in [3.63, 3.8) is 0 Å². The Kier molecular flexibility index (Phi) is 3.22. The highest BCUT2D eigenvalue weighted by Gasteiger charge is 2.50. The summed E-state index contributed by atoms with van der Waals surface area (Å²) in [5, 5.41) is 3.33. The normalized spacial score (nSPS) is 43.6. The van der Waals surface area contributed by atoms with Crippen molar-refractivity contribution in [3.8, 4) is 0 Å². The summed E-state index contributed by atoms with van der Waals surface area (Å²) in [6.45, 7) is 5.82. The van der Waals surface area contributed by atoms with Gasteiger partial charge in [-0.05, 0) is 26.7 Å². The Morgan fingerprint density at radius 1 is 1.38 bits per heavy atom. The Morgan fingerprint density at radius 3 is 2.56 bits per heavy atom. The zero-order valence-corrected chi connectivity index (χ0v) is 10.3. The first-order valence-corrected chi connectivity index (χ1v) is 6.01. The van der Waals surface area contributed by atoms with Gasteiger partial charge in [0.1, 0.15) is 0 Å². The fraction of sp³-hybridized carbons (Fsp3) is 0.917. The van der Waals surface area contributed by atoms with Crippen LogP contribution in [0.5, 0.6) is 0 Å². The molecule has 3 unspecified atom stereocenters. The maximum Gasteiger partial charge on any atom is 0.310 e. The number of hydrogen-bond acceptors (Lipinski definition) is 4. The zero-order valence-electron chi connectivity index (χ0n) is 10.3. The van der Waals surface area contributed by atoms with Crippen LogP contribution in [0.15, 0.2) is 0 Å². The number of carbonyl (C=O) groups is 1. The van der Waals surface area contributed by atoms with Crippen LogP contribution in [0.2, 0.25) is 0 Å². The fourth-order valence-corrected chi connectivity index (χ4v) is 3.43. The molecule has 2 rings (SSSR count). The highest BCUT2D eigenvalue weighted by atomic mass is 16.5. The van der Waals surface area contributed by atoms with Gasteiger partial charge in [0.05, 0.1) is 25.2 Å². The van der Waals surface area contributed by atoms with Crippen LogP contribution in [0.25, 0.3) is 0 Å². The Hall–Kier alpha value is -0.610. The molecule has 0 saturated carbocycles. The summed E-state index contributed by atoms with van der Waals surface area (Å²) in [7, 11) is 1.47. The van der Waals surface area contributed by atoms with Gasteiger partial charge in [0.2, 0.25) is 0 Å². The molecule has 2 aliphatic rings. The summed E-state index contributed by atoms with van der Waals surface area (Å²) in [5.41, 5.74) is 0.0458. The highest BCUT2D eigenvalue weighted by molar-refractivity contribution is 5.74. The van der Waals surface area contributed by atoms with Crippen LogP contribution in [0.3, 0.4) is 0 Å². The summed E-state index contributed by atoms with van der Waals surface area (Å²) in [6, 6.07) is 0. The summed E-state index contributed by atoms with van der Waals surface area (Å²) >= 11 is 0. The molecule has 0 aliphatic carbocycles. The van der Waals surface area contributed by atoms with Gasteiger partial charge in [0, 0.05) is 18.5 Å². The molecule has 4 nitrogen and oxygen atoms in total. The topological polar surface area (TPSA) is 47.6 Å². The second kappa shape index (κ2) is 4.34. The van der Waals surface area contributed by atoms with Crippen LogP contribution < -0.4 is 5.32 Å². The van der Waals surface area contributed by atoms with E-state index in [0.29, 0.717) is 0 Å². The molecule has 2 fully saturated rings. The first kappa shape index (κ1) is 11.9. The number of methoxy groups -OCH3 is 1. The maximum atomic E-state index is 11.8. The molecule has 16 heavy (non-hydrogen) atoms. The number of esters is 1. The third-order valence-corrected chi connectivity index (χ3v) is 3.90. The molecule has 0 aromatic carbocycles.